The summed E-state index contributed by atoms with van der Waals surface area (Å²) in [5.74, 6) is 0.770. The van der Waals surface area contributed by atoms with Crippen molar-refractivity contribution in [3.63, 3.8) is 0 Å². The molecule has 6 nitrogen and oxygen atoms in total. The summed E-state index contributed by atoms with van der Waals surface area (Å²) in [5.41, 5.74) is 2.67. The molecule has 0 amide bonds. The molecule has 0 atom stereocenters. The number of nitrogens with zero attached hydrogens (tertiary/aromatic N) is 3. The predicted octanol–water partition coefficient (Wildman–Crippen LogP) is 1.10. The van der Waals surface area contributed by atoms with Crippen LogP contribution in [0.5, 0.6) is 5.75 Å². The Hall–Kier alpha value is -2.50. The molecule has 0 radical (unpaired) electrons. The summed E-state index contributed by atoms with van der Waals surface area (Å²) in [7, 11) is 4.84. The second-order valence-corrected chi connectivity index (χ2v) is 5.44. The number of anilines is 1. The first-order chi connectivity index (χ1) is 10.5. The van der Waals surface area contributed by atoms with E-state index in [9.17, 15) is 9.59 Å². The molecule has 0 spiro atoms. The molecule has 3 rings (SSSR count). The zero-order chi connectivity index (χ0) is 16.0. The Kier molecular flexibility index (Phi) is 3.31. The SMILES string of the molecule is CCN1Cc2cc(OC)ccc2-c2c1c(=O)n(C)c(=O)n2C. The lowest BCUT2D eigenvalue weighted by Gasteiger charge is -2.32. The minimum atomic E-state index is -0.316. The third kappa shape index (κ3) is 1.87. The molecule has 22 heavy (non-hydrogen) atoms. The lowest BCUT2D eigenvalue weighted by molar-refractivity contribution is 0.414. The highest BCUT2D eigenvalue weighted by Crippen LogP contribution is 2.37. The van der Waals surface area contributed by atoms with Gasteiger partial charge in [-0.3, -0.25) is 13.9 Å². The molecule has 2 aromatic rings. The summed E-state index contributed by atoms with van der Waals surface area (Å²) in [6.07, 6.45) is 0. The van der Waals surface area contributed by atoms with Crippen molar-refractivity contribution in [3.8, 4) is 17.0 Å². The van der Waals surface area contributed by atoms with Gasteiger partial charge in [-0.2, -0.15) is 0 Å². The molecule has 0 unspecified atom stereocenters. The average Bonchev–Trinajstić information content (AvgIpc) is 2.55. The van der Waals surface area contributed by atoms with Crippen LogP contribution in [0.1, 0.15) is 12.5 Å². The monoisotopic (exact) mass is 301 g/mol. The van der Waals surface area contributed by atoms with Crippen LogP contribution in [0, 0.1) is 0 Å². The van der Waals surface area contributed by atoms with E-state index in [1.54, 1.807) is 18.7 Å². The lowest BCUT2D eigenvalue weighted by Crippen LogP contribution is -2.43. The lowest BCUT2D eigenvalue weighted by atomic mass is 9.97. The topological polar surface area (TPSA) is 56.5 Å². The van der Waals surface area contributed by atoms with Crippen molar-refractivity contribution in [1.82, 2.24) is 9.13 Å². The molecule has 1 aromatic carbocycles. The number of ether oxygens (including phenoxy) is 1. The average molecular weight is 301 g/mol. The Balaban J connectivity index is 2.42. The summed E-state index contributed by atoms with van der Waals surface area (Å²) in [5, 5.41) is 0. The quantitative estimate of drug-likeness (QED) is 0.833. The van der Waals surface area contributed by atoms with Crippen LogP contribution >= 0.6 is 0 Å². The van der Waals surface area contributed by atoms with Crippen LogP contribution < -0.4 is 20.9 Å². The number of hydrogen-bond acceptors (Lipinski definition) is 4. The predicted molar refractivity (Wildman–Crippen MR) is 85.6 cm³/mol. The van der Waals surface area contributed by atoms with Crippen molar-refractivity contribution in [2.75, 3.05) is 18.6 Å². The first-order valence-electron chi connectivity index (χ1n) is 7.21. The zero-order valence-electron chi connectivity index (χ0n) is 13.2. The van der Waals surface area contributed by atoms with Crippen molar-refractivity contribution in [3.05, 3.63) is 44.6 Å². The van der Waals surface area contributed by atoms with Crippen molar-refractivity contribution in [2.45, 2.75) is 13.5 Å². The van der Waals surface area contributed by atoms with Gasteiger partial charge in [-0.15, -0.1) is 0 Å². The van der Waals surface area contributed by atoms with Gasteiger partial charge in [0.25, 0.3) is 5.56 Å². The van der Waals surface area contributed by atoms with Gasteiger partial charge in [0.2, 0.25) is 0 Å². The first kappa shape index (κ1) is 14.4. The molecular weight excluding hydrogens is 282 g/mol. The number of benzene rings is 1. The number of rotatable bonds is 2. The van der Waals surface area contributed by atoms with Crippen LogP contribution in [0.3, 0.4) is 0 Å². The molecule has 1 aromatic heterocycles. The highest BCUT2D eigenvalue weighted by molar-refractivity contribution is 5.80. The Bertz CT molecular complexity index is 864. The molecule has 1 aliphatic heterocycles. The Morgan fingerprint density at radius 3 is 2.55 bits per heavy atom. The standard InChI is InChI=1S/C16H19N3O3/c1-5-19-9-10-8-11(22-4)6-7-12(10)13-14(19)15(20)18(3)16(21)17(13)2/h6-8H,5,9H2,1-4H3. The molecule has 2 heterocycles. The molecule has 0 saturated heterocycles. The second kappa shape index (κ2) is 5.05. The van der Waals surface area contributed by atoms with Crippen molar-refractivity contribution in [2.24, 2.45) is 14.1 Å². The van der Waals surface area contributed by atoms with E-state index < -0.39 is 0 Å². The molecule has 6 heteroatoms. The molecule has 0 fully saturated rings. The minimum absolute atomic E-state index is 0.249. The number of fused-ring (bicyclic) bond motifs is 3. The number of aromatic nitrogens is 2. The highest BCUT2D eigenvalue weighted by Gasteiger charge is 2.28. The van der Waals surface area contributed by atoms with Gasteiger partial charge >= 0.3 is 5.69 Å². The van der Waals surface area contributed by atoms with Crippen LogP contribution in [-0.2, 0) is 20.6 Å². The van der Waals surface area contributed by atoms with Gasteiger partial charge in [-0.1, -0.05) is 0 Å². The summed E-state index contributed by atoms with van der Waals surface area (Å²) in [6, 6.07) is 5.73. The Morgan fingerprint density at radius 2 is 1.91 bits per heavy atom. The van der Waals surface area contributed by atoms with Gasteiger partial charge in [0.05, 0.1) is 12.8 Å². The maximum absolute atomic E-state index is 12.6. The maximum Gasteiger partial charge on any atom is 0.331 e. The fourth-order valence-electron chi connectivity index (χ4n) is 3.03. The molecular formula is C16H19N3O3. The third-order valence-corrected chi connectivity index (χ3v) is 4.27. The second-order valence-electron chi connectivity index (χ2n) is 5.44. The van der Waals surface area contributed by atoms with E-state index in [2.05, 4.69) is 0 Å². The van der Waals surface area contributed by atoms with Crippen molar-refractivity contribution >= 4 is 5.69 Å². The maximum atomic E-state index is 12.6. The van der Waals surface area contributed by atoms with Crippen LogP contribution in [-0.4, -0.2) is 22.8 Å². The van der Waals surface area contributed by atoms with E-state index >= 15 is 0 Å². The van der Waals surface area contributed by atoms with Crippen molar-refractivity contribution in [1.29, 1.82) is 0 Å². The summed E-state index contributed by atoms with van der Waals surface area (Å²) in [6.45, 7) is 3.32. The van der Waals surface area contributed by atoms with Gasteiger partial charge in [-0.05, 0) is 30.7 Å². The number of hydrogen-bond donors (Lipinski definition) is 0. The summed E-state index contributed by atoms with van der Waals surface area (Å²) in [4.78, 5) is 26.8. The minimum Gasteiger partial charge on any atom is -0.497 e. The van der Waals surface area contributed by atoms with E-state index in [-0.39, 0.29) is 11.2 Å². The highest BCUT2D eigenvalue weighted by atomic mass is 16.5. The molecule has 116 valence electrons. The molecule has 0 aliphatic carbocycles. The Labute approximate surface area is 128 Å². The zero-order valence-corrected chi connectivity index (χ0v) is 13.2. The van der Waals surface area contributed by atoms with Gasteiger partial charge in [0, 0.05) is 32.7 Å². The van der Waals surface area contributed by atoms with Crippen LogP contribution in [0.4, 0.5) is 5.69 Å². The summed E-state index contributed by atoms with van der Waals surface area (Å²) >= 11 is 0. The first-order valence-corrected chi connectivity index (χ1v) is 7.21. The van der Waals surface area contributed by atoms with E-state index in [0.29, 0.717) is 24.5 Å². The normalized spacial score (nSPS) is 12.8. The Morgan fingerprint density at radius 1 is 1.18 bits per heavy atom. The van der Waals surface area contributed by atoms with Gasteiger partial charge in [0.1, 0.15) is 11.4 Å². The van der Waals surface area contributed by atoms with E-state index in [1.165, 1.54) is 7.05 Å². The van der Waals surface area contributed by atoms with Crippen LogP contribution in [0.15, 0.2) is 27.8 Å². The van der Waals surface area contributed by atoms with Gasteiger partial charge in [0.15, 0.2) is 0 Å². The van der Waals surface area contributed by atoms with E-state index in [1.807, 2.05) is 30.0 Å². The third-order valence-electron chi connectivity index (χ3n) is 4.27. The smallest absolute Gasteiger partial charge is 0.331 e. The van der Waals surface area contributed by atoms with E-state index in [4.69, 9.17) is 4.74 Å². The molecule has 0 saturated carbocycles. The summed E-state index contributed by atoms with van der Waals surface area (Å²) < 4.78 is 7.99. The van der Waals surface area contributed by atoms with E-state index in [0.717, 1.165) is 21.4 Å². The van der Waals surface area contributed by atoms with Crippen LogP contribution in [0.25, 0.3) is 11.3 Å². The van der Waals surface area contributed by atoms with Gasteiger partial charge < -0.3 is 9.64 Å². The molecule has 0 bridgehead atoms. The molecule has 1 aliphatic rings. The fourth-order valence-corrected chi connectivity index (χ4v) is 3.03. The van der Waals surface area contributed by atoms with Crippen LogP contribution in [0.2, 0.25) is 0 Å². The van der Waals surface area contributed by atoms with Crippen molar-refractivity contribution < 1.29 is 4.74 Å². The largest absolute Gasteiger partial charge is 0.497 e. The number of methoxy groups -OCH3 is 1. The molecule has 0 N–H and O–H groups in total. The fraction of sp³-hybridized carbons (Fsp3) is 0.375. The van der Waals surface area contributed by atoms with Gasteiger partial charge in [-0.25, -0.2) is 4.79 Å².